The summed E-state index contributed by atoms with van der Waals surface area (Å²) in [7, 11) is 0. The molecule has 3 fully saturated rings. The van der Waals surface area contributed by atoms with E-state index in [9.17, 15) is 9.59 Å². The maximum absolute atomic E-state index is 12.9. The van der Waals surface area contributed by atoms with Gasteiger partial charge in [-0.25, -0.2) is 4.79 Å². The van der Waals surface area contributed by atoms with Crippen LogP contribution in [0.25, 0.3) is 0 Å². The van der Waals surface area contributed by atoms with E-state index in [0.29, 0.717) is 30.5 Å². The molecule has 4 rings (SSSR count). The van der Waals surface area contributed by atoms with Crippen LogP contribution in [0.15, 0.2) is 24.3 Å². The molecule has 6 nitrogen and oxygen atoms in total. The Labute approximate surface area is 154 Å². The molecule has 2 aliphatic carbocycles. The SMILES string of the molecule is NC1CC2CCCC(C1)C2NC(=O)c1cccc(N2CCCNC2=O)c1. The first-order valence-corrected chi connectivity index (χ1v) is 9.83. The van der Waals surface area contributed by atoms with E-state index in [4.69, 9.17) is 5.73 Å². The highest BCUT2D eigenvalue weighted by Crippen LogP contribution is 2.39. The van der Waals surface area contributed by atoms with Crippen LogP contribution in [0.3, 0.4) is 0 Å². The van der Waals surface area contributed by atoms with Crippen LogP contribution in [0.1, 0.15) is 48.9 Å². The number of urea groups is 1. The fourth-order valence-corrected chi connectivity index (χ4v) is 4.95. The molecule has 2 bridgehead atoms. The van der Waals surface area contributed by atoms with Gasteiger partial charge >= 0.3 is 6.03 Å². The number of anilines is 1. The Bertz CT molecular complexity index is 678. The lowest BCUT2D eigenvalue weighted by molar-refractivity contribution is 0.0756. The van der Waals surface area contributed by atoms with Gasteiger partial charge in [0.2, 0.25) is 0 Å². The lowest BCUT2D eigenvalue weighted by atomic mass is 9.67. The molecule has 1 aromatic carbocycles. The molecule has 0 spiro atoms. The lowest BCUT2D eigenvalue weighted by Crippen LogP contribution is -2.53. The van der Waals surface area contributed by atoms with E-state index in [1.165, 1.54) is 6.42 Å². The molecule has 1 saturated heterocycles. The number of fused-ring (bicyclic) bond motifs is 2. The lowest BCUT2D eigenvalue weighted by Gasteiger charge is -2.45. The molecule has 26 heavy (non-hydrogen) atoms. The van der Waals surface area contributed by atoms with Gasteiger partial charge in [0.15, 0.2) is 0 Å². The summed E-state index contributed by atoms with van der Waals surface area (Å²) in [6, 6.07) is 7.80. The Morgan fingerprint density at radius 1 is 1.19 bits per heavy atom. The highest BCUT2D eigenvalue weighted by molar-refractivity contribution is 5.98. The van der Waals surface area contributed by atoms with E-state index in [0.717, 1.165) is 37.8 Å². The molecule has 1 heterocycles. The van der Waals surface area contributed by atoms with Crippen LogP contribution in [-0.2, 0) is 0 Å². The van der Waals surface area contributed by atoms with E-state index < -0.39 is 0 Å². The van der Waals surface area contributed by atoms with Crippen molar-refractivity contribution in [3.8, 4) is 0 Å². The van der Waals surface area contributed by atoms with Gasteiger partial charge in [-0.05, 0) is 62.1 Å². The standard InChI is InChI=1S/C20H28N4O2/c21-16-10-13-4-1-5-14(11-16)18(13)23-19(25)15-6-2-7-17(12-15)24-9-3-8-22-20(24)26/h2,6-7,12-14,16,18H,1,3-5,8-11,21H2,(H,22,26)(H,23,25). The van der Waals surface area contributed by atoms with Gasteiger partial charge in [-0.3, -0.25) is 9.69 Å². The smallest absolute Gasteiger partial charge is 0.321 e. The van der Waals surface area contributed by atoms with Crippen molar-refractivity contribution >= 4 is 17.6 Å². The topological polar surface area (TPSA) is 87.5 Å². The van der Waals surface area contributed by atoms with Crippen molar-refractivity contribution in [2.24, 2.45) is 17.6 Å². The predicted octanol–water partition coefficient (Wildman–Crippen LogP) is 2.24. The largest absolute Gasteiger partial charge is 0.349 e. The number of amides is 3. The van der Waals surface area contributed by atoms with Crippen LogP contribution < -0.4 is 21.3 Å². The maximum atomic E-state index is 12.9. The molecule has 6 heteroatoms. The molecule has 2 atom stereocenters. The maximum Gasteiger partial charge on any atom is 0.321 e. The van der Waals surface area contributed by atoms with Gasteiger partial charge in [-0.15, -0.1) is 0 Å². The molecular formula is C20H28N4O2. The van der Waals surface area contributed by atoms with E-state index in [1.54, 1.807) is 4.90 Å². The summed E-state index contributed by atoms with van der Waals surface area (Å²) in [4.78, 5) is 26.6. The van der Waals surface area contributed by atoms with Crippen molar-refractivity contribution in [1.29, 1.82) is 0 Å². The number of nitrogens with zero attached hydrogens (tertiary/aromatic N) is 1. The minimum Gasteiger partial charge on any atom is -0.349 e. The predicted molar refractivity (Wildman–Crippen MR) is 101 cm³/mol. The highest BCUT2D eigenvalue weighted by atomic mass is 16.2. The minimum absolute atomic E-state index is 0.0401. The second-order valence-corrected chi connectivity index (χ2v) is 7.97. The Balaban J connectivity index is 1.48. The molecule has 0 radical (unpaired) electrons. The Morgan fingerprint density at radius 2 is 1.96 bits per heavy atom. The number of carbonyl (C=O) groups is 2. The van der Waals surface area contributed by atoms with Crippen LogP contribution >= 0.6 is 0 Å². The number of rotatable bonds is 3. The van der Waals surface area contributed by atoms with Crippen LogP contribution in [0.4, 0.5) is 10.5 Å². The summed E-state index contributed by atoms with van der Waals surface area (Å²) < 4.78 is 0. The van der Waals surface area contributed by atoms with Crippen molar-refractivity contribution in [1.82, 2.24) is 10.6 Å². The second-order valence-electron chi connectivity index (χ2n) is 7.97. The number of hydrogen-bond donors (Lipinski definition) is 3. The van der Waals surface area contributed by atoms with E-state index in [2.05, 4.69) is 10.6 Å². The molecule has 140 valence electrons. The third-order valence-electron chi connectivity index (χ3n) is 6.17. The number of hydrogen-bond acceptors (Lipinski definition) is 3. The second kappa shape index (κ2) is 7.27. The Morgan fingerprint density at radius 3 is 2.69 bits per heavy atom. The van der Waals surface area contributed by atoms with Crippen LogP contribution in [0, 0.1) is 11.8 Å². The van der Waals surface area contributed by atoms with Crippen molar-refractivity contribution in [2.45, 2.75) is 50.6 Å². The molecule has 0 aromatic heterocycles. The van der Waals surface area contributed by atoms with Gasteiger partial charge in [0.05, 0.1) is 0 Å². The van der Waals surface area contributed by atoms with Gasteiger partial charge in [-0.2, -0.15) is 0 Å². The van der Waals surface area contributed by atoms with Crippen molar-refractivity contribution < 1.29 is 9.59 Å². The van der Waals surface area contributed by atoms with E-state index in [1.807, 2.05) is 24.3 Å². The normalized spacial score (nSPS) is 31.3. The fourth-order valence-electron chi connectivity index (χ4n) is 4.95. The first-order valence-electron chi connectivity index (χ1n) is 9.83. The first kappa shape index (κ1) is 17.3. The fraction of sp³-hybridized carbons (Fsp3) is 0.600. The van der Waals surface area contributed by atoms with Crippen molar-refractivity contribution in [3.63, 3.8) is 0 Å². The summed E-state index contributed by atoms with van der Waals surface area (Å²) in [6.45, 7) is 1.39. The number of nitrogens with two attached hydrogens (primary N) is 1. The van der Waals surface area contributed by atoms with E-state index in [-0.39, 0.29) is 24.0 Å². The van der Waals surface area contributed by atoms with Crippen molar-refractivity contribution in [3.05, 3.63) is 29.8 Å². The number of benzene rings is 1. The van der Waals surface area contributed by atoms with Gasteiger partial charge in [0.25, 0.3) is 5.91 Å². The third kappa shape index (κ3) is 3.43. The van der Waals surface area contributed by atoms with Crippen LogP contribution in [0.5, 0.6) is 0 Å². The third-order valence-corrected chi connectivity index (χ3v) is 6.17. The molecule has 1 aliphatic heterocycles. The average molecular weight is 356 g/mol. The molecule has 2 unspecified atom stereocenters. The van der Waals surface area contributed by atoms with Crippen LogP contribution in [-0.4, -0.2) is 37.1 Å². The van der Waals surface area contributed by atoms with E-state index >= 15 is 0 Å². The summed E-state index contributed by atoms with van der Waals surface area (Å²) in [5, 5.41) is 6.14. The molecule has 2 saturated carbocycles. The van der Waals surface area contributed by atoms with Gasteiger partial charge in [-0.1, -0.05) is 12.5 Å². The Kier molecular flexibility index (Phi) is 4.85. The highest BCUT2D eigenvalue weighted by Gasteiger charge is 2.40. The molecule has 3 amide bonds. The summed E-state index contributed by atoms with van der Waals surface area (Å²) in [5.74, 6) is 0.955. The first-order chi connectivity index (χ1) is 12.6. The van der Waals surface area contributed by atoms with Crippen LogP contribution in [0.2, 0.25) is 0 Å². The Hall–Kier alpha value is -2.08. The summed E-state index contributed by atoms with van der Waals surface area (Å²) >= 11 is 0. The minimum atomic E-state index is -0.0930. The van der Waals surface area contributed by atoms with Gasteiger partial charge < -0.3 is 16.4 Å². The monoisotopic (exact) mass is 356 g/mol. The van der Waals surface area contributed by atoms with Gasteiger partial charge in [0, 0.05) is 36.4 Å². The number of nitrogens with one attached hydrogen (secondary N) is 2. The zero-order valence-electron chi connectivity index (χ0n) is 15.1. The summed E-state index contributed by atoms with van der Waals surface area (Å²) in [6.07, 6.45) is 6.49. The zero-order valence-corrected chi connectivity index (χ0v) is 15.1. The summed E-state index contributed by atoms with van der Waals surface area (Å²) in [5.41, 5.74) is 7.59. The quantitative estimate of drug-likeness (QED) is 0.776. The molecule has 3 aliphatic rings. The number of carbonyl (C=O) groups excluding carboxylic acids is 2. The molecule has 1 aromatic rings. The van der Waals surface area contributed by atoms with Crippen molar-refractivity contribution in [2.75, 3.05) is 18.0 Å². The zero-order chi connectivity index (χ0) is 18.1. The molecular weight excluding hydrogens is 328 g/mol. The van der Waals surface area contributed by atoms with Gasteiger partial charge in [0.1, 0.15) is 0 Å². The average Bonchev–Trinajstić information content (AvgIpc) is 2.63. The molecule has 4 N–H and O–H groups in total.